The largest absolute Gasteiger partial charge is 0.434 e. The Balaban J connectivity index is 3.58. The lowest BCUT2D eigenvalue weighted by molar-refractivity contribution is -0.167. The molecule has 0 saturated carbocycles. The van der Waals surface area contributed by atoms with Crippen LogP contribution in [0.1, 0.15) is 17.1 Å². The first kappa shape index (κ1) is 12.7. The summed E-state index contributed by atoms with van der Waals surface area (Å²) in [4.78, 5) is 5.19. The van der Waals surface area contributed by atoms with Crippen molar-refractivity contribution in [2.45, 2.75) is 19.3 Å². The number of aryl methyl sites for hydroxylation is 1. The highest BCUT2D eigenvalue weighted by molar-refractivity contribution is 5.25. The topological polar surface area (TPSA) is 25.8 Å². The Hall–Kier alpha value is -1.41. The van der Waals surface area contributed by atoms with Gasteiger partial charge in [0.2, 0.25) is 5.95 Å². The fraction of sp³-hybridized carbons (Fsp3) is 0.429. The third kappa shape index (κ3) is 2.39. The molecule has 0 aliphatic carbocycles. The van der Waals surface area contributed by atoms with Crippen molar-refractivity contribution >= 4 is 0 Å². The maximum atomic E-state index is 12.8. The van der Waals surface area contributed by atoms with Crippen molar-refractivity contribution in [1.82, 2.24) is 9.97 Å². The van der Waals surface area contributed by atoms with Gasteiger partial charge in [0.1, 0.15) is 11.4 Å². The van der Waals surface area contributed by atoms with Gasteiger partial charge in [-0.2, -0.15) is 30.7 Å². The van der Waals surface area contributed by atoms with Crippen LogP contribution >= 0.6 is 0 Å². The lowest BCUT2D eigenvalue weighted by Gasteiger charge is -2.14. The molecule has 1 rings (SSSR count). The lowest BCUT2D eigenvalue weighted by Crippen LogP contribution is -2.22. The maximum Gasteiger partial charge on any atom is 0.434 e. The highest BCUT2D eigenvalue weighted by atomic mass is 19.4. The van der Waals surface area contributed by atoms with Gasteiger partial charge < -0.3 is 0 Å². The Morgan fingerprint density at radius 1 is 0.875 bits per heavy atom. The summed E-state index contributed by atoms with van der Waals surface area (Å²) in [5.41, 5.74) is -4.81. The molecule has 0 amide bonds. The van der Waals surface area contributed by atoms with Gasteiger partial charge in [-0.25, -0.2) is 9.97 Å². The molecule has 0 fully saturated rings. The Morgan fingerprint density at radius 2 is 1.38 bits per heavy atom. The Kier molecular flexibility index (Phi) is 2.82. The average molecular weight is 248 g/mol. The third-order valence-electron chi connectivity index (χ3n) is 1.53. The van der Waals surface area contributed by atoms with Crippen molar-refractivity contribution in [3.63, 3.8) is 0 Å². The number of halogens is 7. The molecule has 1 aromatic heterocycles. The number of aromatic nitrogens is 2. The number of alkyl halides is 6. The Labute approximate surface area is 84.1 Å². The molecule has 0 bridgehead atoms. The van der Waals surface area contributed by atoms with Crippen molar-refractivity contribution < 1.29 is 30.7 Å². The summed E-state index contributed by atoms with van der Waals surface area (Å²) in [5.74, 6) is -2.95. The van der Waals surface area contributed by atoms with Crippen LogP contribution in [0.4, 0.5) is 30.7 Å². The van der Waals surface area contributed by atoms with Crippen molar-refractivity contribution in [2.24, 2.45) is 0 Å². The third-order valence-corrected chi connectivity index (χ3v) is 1.53. The molecule has 0 unspecified atom stereocenters. The molecule has 0 aliphatic heterocycles. The van der Waals surface area contributed by atoms with E-state index in [1.54, 1.807) is 0 Å². The SMILES string of the molecule is Cc1nc(F)c(C(F)(F)F)c(C(F)(F)F)n1. The highest BCUT2D eigenvalue weighted by Crippen LogP contribution is 2.39. The zero-order valence-corrected chi connectivity index (χ0v) is 7.54. The molecule has 0 saturated heterocycles. The fourth-order valence-electron chi connectivity index (χ4n) is 0.995. The highest BCUT2D eigenvalue weighted by Gasteiger charge is 2.47. The number of nitrogens with zero attached hydrogens (tertiary/aromatic N) is 2. The molecule has 0 aromatic carbocycles. The molecule has 90 valence electrons. The predicted molar refractivity (Wildman–Crippen MR) is 36.7 cm³/mol. The van der Waals surface area contributed by atoms with E-state index in [-0.39, 0.29) is 0 Å². The minimum atomic E-state index is -5.50. The quantitative estimate of drug-likeness (QED) is 0.521. The molecule has 0 atom stereocenters. The van der Waals surface area contributed by atoms with Crippen LogP contribution in [0.2, 0.25) is 0 Å². The van der Waals surface area contributed by atoms with E-state index in [9.17, 15) is 30.7 Å². The number of hydrogen-bond acceptors (Lipinski definition) is 2. The summed E-state index contributed by atoms with van der Waals surface area (Å²) in [6.07, 6.45) is -10.9. The van der Waals surface area contributed by atoms with E-state index in [1.807, 2.05) is 0 Å². The molecule has 0 spiro atoms. The van der Waals surface area contributed by atoms with Gasteiger partial charge in [-0.1, -0.05) is 0 Å². The molecule has 1 heterocycles. The molecule has 2 nitrogen and oxygen atoms in total. The molecule has 16 heavy (non-hydrogen) atoms. The van der Waals surface area contributed by atoms with Gasteiger partial charge in [0, 0.05) is 0 Å². The van der Waals surface area contributed by atoms with Crippen molar-refractivity contribution in [3.05, 3.63) is 23.0 Å². The molecule has 0 N–H and O–H groups in total. The van der Waals surface area contributed by atoms with Crippen LogP contribution in [-0.2, 0) is 12.4 Å². The predicted octanol–water partition coefficient (Wildman–Crippen LogP) is 2.96. The summed E-state index contributed by atoms with van der Waals surface area (Å²) in [6, 6.07) is 0. The second kappa shape index (κ2) is 3.56. The second-order valence-corrected chi connectivity index (χ2v) is 2.78. The van der Waals surface area contributed by atoms with Gasteiger partial charge in [0.05, 0.1) is 0 Å². The van der Waals surface area contributed by atoms with Gasteiger partial charge >= 0.3 is 12.4 Å². The van der Waals surface area contributed by atoms with Crippen LogP contribution in [0, 0.1) is 12.9 Å². The zero-order chi connectivity index (χ0) is 12.7. The van der Waals surface area contributed by atoms with E-state index >= 15 is 0 Å². The van der Waals surface area contributed by atoms with Crippen molar-refractivity contribution in [1.29, 1.82) is 0 Å². The Morgan fingerprint density at radius 3 is 1.75 bits per heavy atom. The molecular weight excluding hydrogens is 245 g/mol. The van der Waals surface area contributed by atoms with E-state index in [0.717, 1.165) is 6.92 Å². The van der Waals surface area contributed by atoms with E-state index in [4.69, 9.17) is 0 Å². The number of rotatable bonds is 0. The first-order chi connectivity index (χ1) is 7.03. The monoisotopic (exact) mass is 248 g/mol. The summed E-state index contributed by atoms with van der Waals surface area (Å²) < 4.78 is 85.8. The molecule has 9 heteroatoms. The molecule has 0 radical (unpaired) electrons. The van der Waals surface area contributed by atoms with Crippen LogP contribution in [0.5, 0.6) is 0 Å². The summed E-state index contributed by atoms with van der Waals surface area (Å²) >= 11 is 0. The maximum absolute atomic E-state index is 12.8. The van der Waals surface area contributed by atoms with E-state index in [1.165, 1.54) is 0 Å². The number of hydrogen-bond donors (Lipinski definition) is 0. The van der Waals surface area contributed by atoms with Gasteiger partial charge in [-0.05, 0) is 6.92 Å². The lowest BCUT2D eigenvalue weighted by atomic mass is 10.2. The minimum Gasteiger partial charge on any atom is -0.228 e. The Bertz CT molecular complexity index is 406. The molecule has 0 aliphatic rings. The summed E-state index contributed by atoms with van der Waals surface area (Å²) in [6.45, 7) is 0.860. The van der Waals surface area contributed by atoms with Gasteiger partial charge in [0.25, 0.3) is 0 Å². The standard InChI is InChI=1S/C7H3F7N2/c1-2-15-4(7(12,13)14)3(5(8)16-2)6(9,10)11/h1H3. The first-order valence-electron chi connectivity index (χ1n) is 3.72. The summed E-state index contributed by atoms with van der Waals surface area (Å²) in [7, 11) is 0. The van der Waals surface area contributed by atoms with Crippen molar-refractivity contribution in [2.75, 3.05) is 0 Å². The van der Waals surface area contributed by atoms with Crippen LogP contribution in [0.25, 0.3) is 0 Å². The smallest absolute Gasteiger partial charge is 0.228 e. The van der Waals surface area contributed by atoms with E-state index in [2.05, 4.69) is 9.97 Å². The van der Waals surface area contributed by atoms with Gasteiger partial charge in [0.15, 0.2) is 5.69 Å². The minimum absolute atomic E-state index is 0.724. The zero-order valence-electron chi connectivity index (χ0n) is 7.54. The molecular formula is C7H3F7N2. The first-order valence-corrected chi connectivity index (χ1v) is 3.72. The van der Waals surface area contributed by atoms with E-state index < -0.39 is 35.4 Å². The van der Waals surface area contributed by atoms with Crippen LogP contribution in [-0.4, -0.2) is 9.97 Å². The van der Waals surface area contributed by atoms with Gasteiger partial charge in [-0.3, -0.25) is 0 Å². The van der Waals surface area contributed by atoms with Crippen LogP contribution in [0.15, 0.2) is 0 Å². The normalized spacial score (nSPS) is 13.0. The summed E-state index contributed by atoms with van der Waals surface area (Å²) in [5, 5.41) is 0. The fourth-order valence-corrected chi connectivity index (χ4v) is 0.995. The van der Waals surface area contributed by atoms with E-state index in [0.29, 0.717) is 0 Å². The van der Waals surface area contributed by atoms with Gasteiger partial charge in [-0.15, -0.1) is 0 Å². The van der Waals surface area contributed by atoms with Crippen LogP contribution in [0.3, 0.4) is 0 Å². The second-order valence-electron chi connectivity index (χ2n) is 2.78. The van der Waals surface area contributed by atoms with Crippen LogP contribution < -0.4 is 0 Å². The van der Waals surface area contributed by atoms with Crippen molar-refractivity contribution in [3.8, 4) is 0 Å². The molecule has 1 aromatic rings. The average Bonchev–Trinajstić information content (AvgIpc) is 1.97.